The van der Waals surface area contributed by atoms with E-state index in [1.807, 2.05) is 30.3 Å². The summed E-state index contributed by atoms with van der Waals surface area (Å²) >= 11 is 6.75. The first-order chi connectivity index (χ1) is 16.2. The summed E-state index contributed by atoms with van der Waals surface area (Å²) in [6.45, 7) is 0.814. The number of rotatable bonds is 9. The lowest BCUT2D eigenvalue weighted by molar-refractivity contribution is 0.527. The van der Waals surface area contributed by atoms with Gasteiger partial charge in [-0.25, -0.2) is 0 Å². The normalized spacial score (nSPS) is 11.2. The molecule has 166 valence electrons. The Labute approximate surface area is 208 Å². The van der Waals surface area contributed by atoms with Crippen LogP contribution in [-0.4, -0.2) is 25.0 Å². The predicted molar refractivity (Wildman–Crippen MR) is 134 cm³/mol. The van der Waals surface area contributed by atoms with Crippen molar-refractivity contribution in [2.75, 3.05) is 0 Å². The molecule has 0 atom stereocenters. The first kappa shape index (κ1) is 22.1. The molecule has 0 radical (unpaired) electrons. The molecule has 0 bridgehead atoms. The van der Waals surface area contributed by atoms with Crippen molar-refractivity contribution in [2.45, 2.75) is 30.3 Å². The molecule has 5 rings (SSSR count). The number of hydrogen-bond acceptors (Lipinski definition) is 7. The van der Waals surface area contributed by atoms with Crippen molar-refractivity contribution in [3.63, 3.8) is 0 Å². The highest BCUT2D eigenvalue weighted by Gasteiger charge is 2.16. The van der Waals surface area contributed by atoms with Crippen molar-refractivity contribution in [2.24, 2.45) is 0 Å². The molecule has 3 aromatic heterocycles. The molecule has 0 spiro atoms. The third kappa shape index (κ3) is 5.61. The van der Waals surface area contributed by atoms with Gasteiger partial charge in [-0.2, -0.15) is 0 Å². The summed E-state index contributed by atoms with van der Waals surface area (Å²) in [6.07, 6.45) is 1.69. The van der Waals surface area contributed by atoms with Crippen molar-refractivity contribution < 1.29 is 4.42 Å². The van der Waals surface area contributed by atoms with Crippen LogP contribution in [0.4, 0.5) is 0 Å². The number of benzene rings is 2. The molecule has 0 aliphatic rings. The quantitative estimate of drug-likeness (QED) is 0.206. The van der Waals surface area contributed by atoms with E-state index in [4.69, 9.17) is 4.42 Å². The Morgan fingerprint density at radius 2 is 1.76 bits per heavy atom. The average molecular weight is 538 g/mol. The zero-order valence-corrected chi connectivity index (χ0v) is 20.8. The highest BCUT2D eigenvalue weighted by molar-refractivity contribution is 9.10. The van der Waals surface area contributed by atoms with E-state index in [0.29, 0.717) is 17.5 Å². The Morgan fingerprint density at radius 3 is 2.55 bits per heavy atom. The second kappa shape index (κ2) is 10.5. The third-order valence-corrected chi connectivity index (χ3v) is 7.41. The maximum atomic E-state index is 5.88. The van der Waals surface area contributed by atoms with Crippen molar-refractivity contribution in [3.05, 3.63) is 98.7 Å². The number of nitrogens with zero attached hydrogens (tertiary/aromatic N) is 5. The molecule has 0 saturated carbocycles. The van der Waals surface area contributed by atoms with E-state index in [2.05, 4.69) is 82.7 Å². The van der Waals surface area contributed by atoms with Crippen LogP contribution in [0.15, 0.2) is 86.2 Å². The molecule has 0 aliphatic heterocycles. The van der Waals surface area contributed by atoms with Crippen LogP contribution >= 0.6 is 39.0 Å². The minimum Gasteiger partial charge on any atom is -0.420 e. The molecule has 0 aliphatic carbocycles. The van der Waals surface area contributed by atoms with Crippen LogP contribution in [-0.2, 0) is 25.1 Å². The molecule has 33 heavy (non-hydrogen) atoms. The monoisotopic (exact) mass is 537 g/mol. The van der Waals surface area contributed by atoms with Gasteiger partial charge >= 0.3 is 0 Å². The number of aryl methyl sites for hydroxylation is 1. The zero-order chi connectivity index (χ0) is 22.5. The zero-order valence-electron chi connectivity index (χ0n) is 17.6. The highest BCUT2D eigenvalue weighted by Crippen LogP contribution is 2.26. The van der Waals surface area contributed by atoms with Crippen LogP contribution in [0.5, 0.6) is 0 Å². The van der Waals surface area contributed by atoms with Crippen LogP contribution in [0.3, 0.4) is 0 Å². The summed E-state index contributed by atoms with van der Waals surface area (Å²) in [6, 6.07) is 22.5. The molecule has 9 heteroatoms. The van der Waals surface area contributed by atoms with Crippen molar-refractivity contribution in [3.8, 4) is 11.5 Å². The Hall–Kier alpha value is -2.75. The van der Waals surface area contributed by atoms with Gasteiger partial charge in [-0.15, -0.1) is 31.7 Å². The lowest BCUT2D eigenvalue weighted by Gasteiger charge is -2.09. The van der Waals surface area contributed by atoms with Gasteiger partial charge in [0.25, 0.3) is 0 Å². The maximum absolute atomic E-state index is 5.88. The Bertz CT molecular complexity index is 1300. The van der Waals surface area contributed by atoms with E-state index in [-0.39, 0.29) is 0 Å². The molecular formula is C24H20BrN5OS2. The van der Waals surface area contributed by atoms with E-state index >= 15 is 0 Å². The van der Waals surface area contributed by atoms with Crippen molar-refractivity contribution >= 4 is 39.0 Å². The van der Waals surface area contributed by atoms with Crippen LogP contribution < -0.4 is 0 Å². The fourth-order valence-corrected chi connectivity index (χ4v) is 5.17. The molecule has 5 aromatic rings. The first-order valence-electron chi connectivity index (χ1n) is 10.4. The van der Waals surface area contributed by atoms with Gasteiger partial charge in [-0.1, -0.05) is 64.1 Å². The Balaban J connectivity index is 1.31. The molecule has 0 fully saturated rings. The molecule has 0 amide bonds. The highest BCUT2D eigenvalue weighted by atomic mass is 79.9. The van der Waals surface area contributed by atoms with Gasteiger partial charge < -0.3 is 8.98 Å². The van der Waals surface area contributed by atoms with E-state index < -0.39 is 0 Å². The Kier molecular flexibility index (Phi) is 6.99. The largest absolute Gasteiger partial charge is 0.420 e. The molecule has 6 nitrogen and oxygen atoms in total. The Morgan fingerprint density at radius 1 is 0.909 bits per heavy atom. The van der Waals surface area contributed by atoms with Gasteiger partial charge in [-0.3, -0.25) is 0 Å². The summed E-state index contributed by atoms with van der Waals surface area (Å²) in [4.78, 5) is 1.27. The fourth-order valence-electron chi connectivity index (χ4n) is 3.38. The van der Waals surface area contributed by atoms with Crippen LogP contribution in [0.1, 0.15) is 22.2 Å². The predicted octanol–water partition coefficient (Wildman–Crippen LogP) is 6.28. The lowest BCUT2D eigenvalue weighted by atomic mass is 10.1. The lowest BCUT2D eigenvalue weighted by Crippen LogP contribution is -2.08. The summed E-state index contributed by atoms with van der Waals surface area (Å²) in [5, 5.41) is 20.4. The standard InChI is InChI=1S/C24H20BrN5OS2/c25-19-10-8-18(9-11-19)23-28-27-22(31-23)16-33-24-29-26-21(15-20-7-4-14-32-20)30(24)13-12-17-5-2-1-3-6-17/h1-11,14H,12-13,15-16H2. The number of hydrogen-bond donors (Lipinski definition) is 0. The number of thioether (sulfide) groups is 1. The minimum atomic E-state index is 0.516. The van der Waals surface area contributed by atoms with Crippen LogP contribution in [0.2, 0.25) is 0 Å². The van der Waals surface area contributed by atoms with Gasteiger partial charge in [0.2, 0.25) is 11.8 Å². The second-order valence-corrected chi connectivity index (χ2v) is 10.2. The van der Waals surface area contributed by atoms with Gasteiger partial charge in [0.05, 0.1) is 5.75 Å². The van der Waals surface area contributed by atoms with Crippen molar-refractivity contribution in [1.29, 1.82) is 0 Å². The SMILES string of the molecule is Brc1ccc(-c2nnc(CSc3nnc(Cc4cccs4)n3CCc3ccccc3)o2)cc1. The molecule has 0 N–H and O–H groups in total. The average Bonchev–Trinajstić information content (AvgIpc) is 3.60. The number of aromatic nitrogens is 5. The minimum absolute atomic E-state index is 0.516. The van der Waals surface area contributed by atoms with E-state index in [9.17, 15) is 0 Å². The van der Waals surface area contributed by atoms with E-state index in [0.717, 1.165) is 40.4 Å². The fraction of sp³-hybridized carbons (Fsp3) is 0.167. The van der Waals surface area contributed by atoms with Gasteiger partial charge in [0.1, 0.15) is 5.82 Å². The second-order valence-electron chi connectivity index (χ2n) is 7.34. The maximum Gasteiger partial charge on any atom is 0.247 e. The topological polar surface area (TPSA) is 69.6 Å². The van der Waals surface area contributed by atoms with E-state index in [1.54, 1.807) is 23.1 Å². The first-order valence-corrected chi connectivity index (χ1v) is 13.1. The molecule has 3 heterocycles. The van der Waals surface area contributed by atoms with Gasteiger partial charge in [-0.05, 0) is 47.7 Å². The van der Waals surface area contributed by atoms with Crippen LogP contribution in [0, 0.1) is 0 Å². The smallest absolute Gasteiger partial charge is 0.247 e. The summed E-state index contributed by atoms with van der Waals surface area (Å²) in [5.41, 5.74) is 2.19. The van der Waals surface area contributed by atoms with Gasteiger partial charge in [0, 0.05) is 27.9 Å². The number of thiophene rings is 1. The third-order valence-electron chi connectivity index (χ3n) is 5.06. The molecule has 0 saturated heterocycles. The summed E-state index contributed by atoms with van der Waals surface area (Å²) < 4.78 is 9.10. The summed E-state index contributed by atoms with van der Waals surface area (Å²) in [7, 11) is 0. The van der Waals surface area contributed by atoms with E-state index in [1.165, 1.54) is 10.4 Å². The van der Waals surface area contributed by atoms with Gasteiger partial charge in [0.15, 0.2) is 5.16 Å². The summed E-state index contributed by atoms with van der Waals surface area (Å²) in [5.74, 6) is 2.58. The molecule has 2 aromatic carbocycles. The number of halogens is 1. The molecular weight excluding hydrogens is 518 g/mol. The van der Waals surface area contributed by atoms with Crippen LogP contribution in [0.25, 0.3) is 11.5 Å². The molecule has 0 unspecified atom stereocenters. The van der Waals surface area contributed by atoms with Crippen molar-refractivity contribution in [1.82, 2.24) is 25.0 Å².